The van der Waals surface area contributed by atoms with Crippen molar-refractivity contribution in [3.05, 3.63) is 60.2 Å². The van der Waals surface area contributed by atoms with Crippen LogP contribution in [0.5, 0.6) is 0 Å². The summed E-state index contributed by atoms with van der Waals surface area (Å²) in [5, 5.41) is 0. The van der Waals surface area contributed by atoms with E-state index in [9.17, 15) is 0 Å². The molecule has 0 saturated carbocycles. The van der Waals surface area contributed by atoms with E-state index in [2.05, 4.69) is 78.3 Å². The third-order valence-corrected chi connectivity index (χ3v) is 4.03. The van der Waals surface area contributed by atoms with E-state index in [0.29, 0.717) is 10.7 Å². The zero-order valence-electron chi connectivity index (χ0n) is 10.2. The van der Waals surface area contributed by atoms with Gasteiger partial charge in [-0.25, -0.2) is 0 Å². The first-order valence-electron chi connectivity index (χ1n) is 5.98. The summed E-state index contributed by atoms with van der Waals surface area (Å²) in [4.78, 5) is 0.505. The van der Waals surface area contributed by atoms with Gasteiger partial charge in [0.25, 0.3) is 0 Å². The first-order chi connectivity index (χ1) is 8.18. The maximum atomic E-state index is 3.64. The maximum Gasteiger partial charge on any atom is 0.0183 e. The van der Waals surface area contributed by atoms with E-state index in [0.717, 1.165) is 0 Å². The molecule has 0 amide bonds. The van der Waals surface area contributed by atoms with Crippen LogP contribution < -0.4 is 0 Å². The Balaban J connectivity index is 2.25. The summed E-state index contributed by atoms with van der Waals surface area (Å²) >= 11 is 3.64. The summed E-state index contributed by atoms with van der Waals surface area (Å²) in [6, 6.07) is 19.4. The summed E-state index contributed by atoms with van der Waals surface area (Å²) < 4.78 is 0. The van der Waals surface area contributed by atoms with Gasteiger partial charge in [-0.05, 0) is 22.6 Å². The summed E-state index contributed by atoms with van der Waals surface area (Å²) in [5.74, 6) is 0.542. The Labute approximate surface area is 112 Å². The molecule has 2 aromatic rings. The van der Waals surface area contributed by atoms with Crippen LogP contribution in [0.2, 0.25) is 0 Å². The van der Waals surface area contributed by atoms with Crippen LogP contribution in [0, 0.1) is 0 Å². The third-order valence-electron chi connectivity index (χ3n) is 3.23. The predicted octanol–water partition coefficient (Wildman–Crippen LogP) is 5.24. The number of rotatable bonds is 3. The number of alkyl halides is 1. The van der Waals surface area contributed by atoms with Gasteiger partial charge in [0, 0.05) is 4.83 Å². The van der Waals surface area contributed by atoms with Gasteiger partial charge >= 0.3 is 0 Å². The fourth-order valence-corrected chi connectivity index (χ4v) is 2.18. The second-order valence-electron chi connectivity index (χ2n) is 4.45. The Kier molecular flexibility index (Phi) is 4.01. The van der Waals surface area contributed by atoms with E-state index >= 15 is 0 Å². The molecule has 2 rings (SSSR count). The summed E-state index contributed by atoms with van der Waals surface area (Å²) in [7, 11) is 0. The lowest BCUT2D eigenvalue weighted by atomic mass is 9.96. The molecule has 0 saturated heterocycles. The standard InChI is InChI=1S/C16H17Br/c1-12(13(2)17)14-8-10-16(11-9-14)15-6-4-3-5-7-15/h3-13H,1-2H3. The molecule has 0 N–H and O–H groups in total. The van der Waals surface area contributed by atoms with E-state index in [4.69, 9.17) is 0 Å². The van der Waals surface area contributed by atoms with Crippen LogP contribution in [0.15, 0.2) is 54.6 Å². The van der Waals surface area contributed by atoms with Crippen molar-refractivity contribution < 1.29 is 0 Å². The Morgan fingerprint density at radius 1 is 0.765 bits per heavy atom. The normalized spacial score (nSPS) is 14.3. The van der Waals surface area contributed by atoms with E-state index in [-0.39, 0.29) is 0 Å². The topological polar surface area (TPSA) is 0 Å². The summed E-state index contributed by atoms with van der Waals surface area (Å²) in [6.07, 6.45) is 0. The van der Waals surface area contributed by atoms with Gasteiger partial charge in [0.15, 0.2) is 0 Å². The van der Waals surface area contributed by atoms with Gasteiger partial charge in [0.1, 0.15) is 0 Å². The van der Waals surface area contributed by atoms with Crippen molar-refractivity contribution in [3.63, 3.8) is 0 Å². The Morgan fingerprint density at radius 2 is 1.29 bits per heavy atom. The molecule has 17 heavy (non-hydrogen) atoms. The lowest BCUT2D eigenvalue weighted by Crippen LogP contribution is -2.03. The van der Waals surface area contributed by atoms with E-state index in [1.54, 1.807) is 0 Å². The van der Waals surface area contributed by atoms with Crippen molar-refractivity contribution >= 4 is 15.9 Å². The van der Waals surface area contributed by atoms with Crippen molar-refractivity contribution in [2.75, 3.05) is 0 Å². The van der Waals surface area contributed by atoms with Gasteiger partial charge in [0.2, 0.25) is 0 Å². The molecule has 0 bridgehead atoms. The molecule has 0 heterocycles. The minimum Gasteiger partial charge on any atom is -0.0887 e. The van der Waals surface area contributed by atoms with Crippen LogP contribution in [-0.2, 0) is 0 Å². The van der Waals surface area contributed by atoms with Crippen LogP contribution in [-0.4, -0.2) is 4.83 Å². The molecular weight excluding hydrogens is 272 g/mol. The molecule has 2 atom stereocenters. The predicted molar refractivity (Wildman–Crippen MR) is 78.7 cm³/mol. The molecule has 0 nitrogen and oxygen atoms in total. The summed E-state index contributed by atoms with van der Waals surface area (Å²) in [5.41, 5.74) is 3.94. The number of hydrogen-bond donors (Lipinski definition) is 0. The lowest BCUT2D eigenvalue weighted by molar-refractivity contribution is 0.762. The highest BCUT2D eigenvalue weighted by Gasteiger charge is 2.10. The Hall–Kier alpha value is -1.08. The maximum absolute atomic E-state index is 3.64. The average molecular weight is 289 g/mol. The minimum atomic E-state index is 0.505. The first-order valence-corrected chi connectivity index (χ1v) is 6.89. The number of hydrogen-bond acceptors (Lipinski definition) is 0. The number of halogens is 1. The zero-order chi connectivity index (χ0) is 12.3. The molecule has 88 valence electrons. The molecule has 0 aromatic heterocycles. The van der Waals surface area contributed by atoms with Crippen LogP contribution in [0.25, 0.3) is 11.1 Å². The van der Waals surface area contributed by atoms with Gasteiger partial charge in [0.05, 0.1) is 0 Å². The van der Waals surface area contributed by atoms with Crippen molar-refractivity contribution in [2.24, 2.45) is 0 Å². The molecule has 0 spiro atoms. The second-order valence-corrected chi connectivity index (χ2v) is 5.90. The van der Waals surface area contributed by atoms with Gasteiger partial charge in [-0.15, -0.1) is 0 Å². The van der Waals surface area contributed by atoms with Crippen molar-refractivity contribution in [1.29, 1.82) is 0 Å². The van der Waals surface area contributed by atoms with Gasteiger partial charge in [-0.1, -0.05) is 84.4 Å². The van der Waals surface area contributed by atoms with Crippen LogP contribution >= 0.6 is 15.9 Å². The second kappa shape index (κ2) is 5.50. The van der Waals surface area contributed by atoms with E-state index < -0.39 is 0 Å². The van der Waals surface area contributed by atoms with Crippen molar-refractivity contribution in [3.8, 4) is 11.1 Å². The highest BCUT2D eigenvalue weighted by Crippen LogP contribution is 2.26. The molecule has 2 unspecified atom stereocenters. The zero-order valence-corrected chi connectivity index (χ0v) is 11.8. The molecule has 0 aliphatic rings. The molecule has 0 fully saturated rings. The quantitative estimate of drug-likeness (QED) is 0.678. The molecule has 2 aromatic carbocycles. The molecule has 0 aliphatic heterocycles. The molecule has 1 heteroatoms. The first kappa shape index (κ1) is 12.4. The smallest absolute Gasteiger partial charge is 0.0183 e. The van der Waals surface area contributed by atoms with Crippen LogP contribution in [0.3, 0.4) is 0 Å². The largest absolute Gasteiger partial charge is 0.0887 e. The minimum absolute atomic E-state index is 0.505. The average Bonchev–Trinajstić information content (AvgIpc) is 2.39. The highest BCUT2D eigenvalue weighted by atomic mass is 79.9. The van der Waals surface area contributed by atoms with Crippen LogP contribution in [0.1, 0.15) is 25.3 Å². The van der Waals surface area contributed by atoms with Crippen molar-refractivity contribution in [2.45, 2.75) is 24.6 Å². The van der Waals surface area contributed by atoms with Gasteiger partial charge in [-0.2, -0.15) is 0 Å². The van der Waals surface area contributed by atoms with Crippen LogP contribution in [0.4, 0.5) is 0 Å². The Bertz CT molecular complexity index is 457. The molecule has 0 radical (unpaired) electrons. The van der Waals surface area contributed by atoms with Crippen molar-refractivity contribution in [1.82, 2.24) is 0 Å². The highest BCUT2D eigenvalue weighted by molar-refractivity contribution is 9.09. The molecular formula is C16H17Br. The lowest BCUT2D eigenvalue weighted by Gasteiger charge is -2.14. The monoisotopic (exact) mass is 288 g/mol. The summed E-state index contributed by atoms with van der Waals surface area (Å²) in [6.45, 7) is 4.44. The van der Waals surface area contributed by atoms with E-state index in [1.807, 2.05) is 6.07 Å². The van der Waals surface area contributed by atoms with Gasteiger partial charge < -0.3 is 0 Å². The SMILES string of the molecule is CC(Br)C(C)c1ccc(-c2ccccc2)cc1. The fourth-order valence-electron chi connectivity index (χ4n) is 1.87. The van der Waals surface area contributed by atoms with E-state index in [1.165, 1.54) is 16.7 Å². The fraction of sp³-hybridized carbons (Fsp3) is 0.250. The molecule has 0 aliphatic carbocycles. The van der Waals surface area contributed by atoms with Gasteiger partial charge in [-0.3, -0.25) is 0 Å². The Morgan fingerprint density at radius 3 is 1.82 bits per heavy atom. The number of benzene rings is 2. The third kappa shape index (κ3) is 2.98.